The fourth-order valence-electron chi connectivity index (χ4n) is 1.10. The third-order valence-corrected chi connectivity index (χ3v) is 2.08. The number of nitrogens with one attached hydrogen (secondary N) is 1. The first kappa shape index (κ1) is 10.2. The summed E-state index contributed by atoms with van der Waals surface area (Å²) in [5.74, 6) is 0.843. The minimum Gasteiger partial charge on any atom is -0.395 e. The third-order valence-electron chi connectivity index (χ3n) is 2.08. The van der Waals surface area contributed by atoms with Gasteiger partial charge in [0.05, 0.1) is 12.3 Å². The first-order valence-corrected chi connectivity index (χ1v) is 4.41. The zero-order chi connectivity index (χ0) is 9.84. The van der Waals surface area contributed by atoms with E-state index in [1.807, 2.05) is 20.8 Å². The van der Waals surface area contributed by atoms with Gasteiger partial charge in [0.1, 0.15) is 5.76 Å². The van der Waals surface area contributed by atoms with Crippen LogP contribution in [0.3, 0.4) is 0 Å². The zero-order valence-electron chi connectivity index (χ0n) is 8.29. The molecule has 1 unspecified atom stereocenters. The number of aromatic nitrogens is 1. The predicted molar refractivity (Wildman–Crippen MR) is 49.4 cm³/mol. The monoisotopic (exact) mass is 184 g/mol. The molecule has 1 atom stereocenters. The van der Waals surface area contributed by atoms with Crippen molar-refractivity contribution in [2.24, 2.45) is 0 Å². The van der Waals surface area contributed by atoms with E-state index in [4.69, 9.17) is 9.63 Å². The lowest BCUT2D eigenvalue weighted by Crippen LogP contribution is -2.28. The van der Waals surface area contributed by atoms with Gasteiger partial charge in [-0.15, -0.1) is 0 Å². The quantitative estimate of drug-likeness (QED) is 0.725. The summed E-state index contributed by atoms with van der Waals surface area (Å²) in [4.78, 5) is 0. The van der Waals surface area contributed by atoms with Gasteiger partial charge < -0.3 is 14.9 Å². The Bertz CT molecular complexity index is 251. The van der Waals surface area contributed by atoms with E-state index >= 15 is 0 Å². The lowest BCUT2D eigenvalue weighted by atomic mass is 10.2. The van der Waals surface area contributed by atoms with Crippen LogP contribution >= 0.6 is 0 Å². The van der Waals surface area contributed by atoms with Crippen LogP contribution < -0.4 is 5.32 Å². The average Bonchev–Trinajstić information content (AvgIpc) is 2.43. The van der Waals surface area contributed by atoms with Crippen LogP contribution in [0.5, 0.6) is 0 Å². The maximum absolute atomic E-state index is 8.80. The molecule has 1 aromatic rings. The topological polar surface area (TPSA) is 58.3 Å². The van der Waals surface area contributed by atoms with Gasteiger partial charge in [-0.2, -0.15) is 0 Å². The van der Waals surface area contributed by atoms with Crippen LogP contribution in [0.1, 0.15) is 23.9 Å². The largest absolute Gasteiger partial charge is 0.395 e. The van der Waals surface area contributed by atoms with E-state index in [1.165, 1.54) is 0 Å². The Kier molecular flexibility index (Phi) is 3.45. The molecule has 0 radical (unpaired) electrons. The van der Waals surface area contributed by atoms with Crippen molar-refractivity contribution in [3.05, 3.63) is 17.0 Å². The molecule has 0 aromatic carbocycles. The zero-order valence-corrected chi connectivity index (χ0v) is 8.29. The maximum Gasteiger partial charge on any atom is 0.138 e. The van der Waals surface area contributed by atoms with E-state index in [1.54, 1.807) is 0 Å². The van der Waals surface area contributed by atoms with Crippen LogP contribution in [0.4, 0.5) is 0 Å². The molecule has 0 bridgehead atoms. The van der Waals surface area contributed by atoms with Crippen molar-refractivity contribution in [3.63, 3.8) is 0 Å². The fraction of sp³-hybridized carbons (Fsp3) is 0.667. The Balaban J connectivity index is 2.53. The molecule has 0 fully saturated rings. The third kappa shape index (κ3) is 2.54. The Morgan fingerprint density at radius 2 is 2.23 bits per heavy atom. The van der Waals surface area contributed by atoms with Crippen molar-refractivity contribution in [3.8, 4) is 0 Å². The van der Waals surface area contributed by atoms with Crippen molar-refractivity contribution in [2.45, 2.75) is 33.4 Å². The first-order valence-electron chi connectivity index (χ1n) is 4.41. The molecule has 0 saturated carbocycles. The summed E-state index contributed by atoms with van der Waals surface area (Å²) >= 11 is 0. The number of hydrogen-bond acceptors (Lipinski definition) is 4. The molecule has 1 rings (SSSR count). The number of hydrogen-bond donors (Lipinski definition) is 2. The average molecular weight is 184 g/mol. The van der Waals surface area contributed by atoms with Crippen molar-refractivity contribution in [1.82, 2.24) is 10.5 Å². The molecule has 1 aromatic heterocycles. The van der Waals surface area contributed by atoms with Crippen molar-refractivity contribution in [2.75, 3.05) is 6.61 Å². The molecule has 0 spiro atoms. The summed E-state index contributed by atoms with van der Waals surface area (Å²) in [6, 6.07) is 0.105. The predicted octanol–water partition coefficient (Wildman–Crippen LogP) is 0.762. The summed E-state index contributed by atoms with van der Waals surface area (Å²) in [7, 11) is 0. The number of aliphatic hydroxyl groups excluding tert-OH is 1. The molecule has 13 heavy (non-hydrogen) atoms. The molecular weight excluding hydrogens is 168 g/mol. The highest BCUT2D eigenvalue weighted by molar-refractivity contribution is 5.20. The van der Waals surface area contributed by atoms with Gasteiger partial charge in [0, 0.05) is 18.2 Å². The Morgan fingerprint density at radius 3 is 2.69 bits per heavy atom. The van der Waals surface area contributed by atoms with Crippen LogP contribution in [0.15, 0.2) is 4.52 Å². The van der Waals surface area contributed by atoms with Gasteiger partial charge in [-0.3, -0.25) is 0 Å². The van der Waals surface area contributed by atoms with Gasteiger partial charge in [0.25, 0.3) is 0 Å². The van der Waals surface area contributed by atoms with E-state index < -0.39 is 0 Å². The molecule has 1 heterocycles. The Morgan fingerprint density at radius 1 is 1.54 bits per heavy atom. The van der Waals surface area contributed by atoms with E-state index in [9.17, 15) is 0 Å². The van der Waals surface area contributed by atoms with E-state index in [-0.39, 0.29) is 12.6 Å². The highest BCUT2D eigenvalue weighted by Crippen LogP contribution is 2.11. The second-order valence-electron chi connectivity index (χ2n) is 3.27. The first-order chi connectivity index (χ1) is 6.15. The second-order valence-corrected chi connectivity index (χ2v) is 3.27. The van der Waals surface area contributed by atoms with Crippen LogP contribution in [-0.4, -0.2) is 22.9 Å². The van der Waals surface area contributed by atoms with Crippen LogP contribution in [-0.2, 0) is 6.54 Å². The van der Waals surface area contributed by atoms with Crippen LogP contribution in [0, 0.1) is 13.8 Å². The normalized spacial score (nSPS) is 13.2. The molecule has 0 aliphatic heterocycles. The standard InChI is InChI=1S/C9H16N2O2/c1-6(5-12)10-4-9-7(2)11-13-8(9)3/h6,10,12H,4-5H2,1-3H3. The molecule has 4 nitrogen and oxygen atoms in total. The lowest BCUT2D eigenvalue weighted by molar-refractivity contribution is 0.251. The smallest absolute Gasteiger partial charge is 0.138 e. The van der Waals surface area contributed by atoms with Gasteiger partial charge in [-0.25, -0.2) is 0 Å². The lowest BCUT2D eigenvalue weighted by Gasteiger charge is -2.09. The van der Waals surface area contributed by atoms with E-state index in [0.29, 0.717) is 6.54 Å². The number of aliphatic hydroxyl groups is 1. The van der Waals surface area contributed by atoms with Crippen molar-refractivity contribution < 1.29 is 9.63 Å². The summed E-state index contributed by atoms with van der Waals surface area (Å²) in [6.07, 6.45) is 0. The van der Waals surface area contributed by atoms with Gasteiger partial charge in [-0.1, -0.05) is 5.16 Å². The minimum absolute atomic E-state index is 0.105. The highest BCUT2D eigenvalue weighted by atomic mass is 16.5. The van der Waals surface area contributed by atoms with Crippen LogP contribution in [0.2, 0.25) is 0 Å². The van der Waals surface area contributed by atoms with E-state index in [0.717, 1.165) is 17.0 Å². The number of rotatable bonds is 4. The molecule has 0 saturated heterocycles. The van der Waals surface area contributed by atoms with Crippen molar-refractivity contribution >= 4 is 0 Å². The molecule has 0 aliphatic rings. The van der Waals surface area contributed by atoms with Crippen molar-refractivity contribution in [1.29, 1.82) is 0 Å². The summed E-state index contributed by atoms with van der Waals surface area (Å²) in [5.41, 5.74) is 2.00. The van der Waals surface area contributed by atoms with Crippen LogP contribution in [0.25, 0.3) is 0 Å². The highest BCUT2D eigenvalue weighted by Gasteiger charge is 2.09. The Hall–Kier alpha value is -0.870. The SMILES string of the molecule is Cc1noc(C)c1CNC(C)CO. The van der Waals surface area contributed by atoms with Gasteiger partial charge in [0.15, 0.2) is 0 Å². The number of nitrogens with zero attached hydrogens (tertiary/aromatic N) is 1. The molecule has 74 valence electrons. The fourth-order valence-corrected chi connectivity index (χ4v) is 1.10. The molecule has 2 N–H and O–H groups in total. The minimum atomic E-state index is 0.105. The van der Waals surface area contributed by atoms with Gasteiger partial charge in [0.2, 0.25) is 0 Å². The second kappa shape index (κ2) is 4.39. The maximum atomic E-state index is 8.80. The molecule has 4 heteroatoms. The summed E-state index contributed by atoms with van der Waals surface area (Å²) < 4.78 is 5.01. The summed E-state index contributed by atoms with van der Waals surface area (Å²) in [5, 5.41) is 15.8. The Labute approximate surface area is 77.9 Å². The molecule has 0 aliphatic carbocycles. The van der Waals surface area contributed by atoms with Gasteiger partial charge >= 0.3 is 0 Å². The number of aryl methyl sites for hydroxylation is 2. The molecule has 0 amide bonds. The summed E-state index contributed by atoms with van der Waals surface area (Å²) in [6.45, 7) is 6.57. The van der Waals surface area contributed by atoms with E-state index in [2.05, 4.69) is 10.5 Å². The van der Waals surface area contributed by atoms with Gasteiger partial charge in [-0.05, 0) is 20.8 Å². The molecular formula is C9H16N2O2.